The highest BCUT2D eigenvalue weighted by Crippen LogP contribution is 2.16. The molecule has 2 amide bonds. The van der Waals surface area contributed by atoms with Crippen molar-refractivity contribution in [1.29, 1.82) is 0 Å². The zero-order valence-electron chi connectivity index (χ0n) is 14.2. The zero-order valence-corrected chi connectivity index (χ0v) is 14.9. The molecule has 0 aliphatic carbocycles. The molecule has 0 unspecified atom stereocenters. The van der Waals surface area contributed by atoms with Gasteiger partial charge in [0.15, 0.2) is 6.10 Å². The van der Waals surface area contributed by atoms with Gasteiger partial charge < -0.3 is 9.15 Å². The number of carbonyl (C=O) groups excluding carboxylic acids is 2. The lowest BCUT2D eigenvalue weighted by Gasteiger charge is -2.15. The van der Waals surface area contributed by atoms with Crippen molar-refractivity contribution >= 4 is 34.4 Å². The van der Waals surface area contributed by atoms with E-state index in [2.05, 4.69) is 10.9 Å². The van der Waals surface area contributed by atoms with Gasteiger partial charge in [0, 0.05) is 10.4 Å². The third-order valence-corrected chi connectivity index (χ3v) is 3.93. The topological polar surface area (TPSA) is 97.6 Å². The SMILES string of the molecule is C[C@@H](Oc1ccc(Cl)cc1)C(=O)NNC(=O)c1cc2ccccc2oc1=O. The van der Waals surface area contributed by atoms with Crippen LogP contribution in [0.4, 0.5) is 0 Å². The molecule has 2 N–H and O–H groups in total. The number of rotatable bonds is 4. The van der Waals surface area contributed by atoms with Crippen molar-refractivity contribution in [1.82, 2.24) is 10.9 Å². The number of ether oxygens (including phenoxy) is 1. The molecule has 0 saturated heterocycles. The van der Waals surface area contributed by atoms with E-state index in [1.54, 1.807) is 48.5 Å². The molecule has 0 aliphatic rings. The van der Waals surface area contributed by atoms with Crippen LogP contribution in [0.3, 0.4) is 0 Å². The third-order valence-electron chi connectivity index (χ3n) is 3.68. The number of benzene rings is 2. The van der Waals surface area contributed by atoms with Gasteiger partial charge in [0.25, 0.3) is 11.8 Å². The van der Waals surface area contributed by atoms with Crippen molar-refractivity contribution in [2.45, 2.75) is 13.0 Å². The number of nitrogens with one attached hydrogen (secondary N) is 2. The quantitative estimate of drug-likeness (QED) is 0.530. The number of hydrogen-bond acceptors (Lipinski definition) is 5. The molecule has 0 spiro atoms. The second kappa shape index (κ2) is 7.92. The summed E-state index contributed by atoms with van der Waals surface area (Å²) in [4.78, 5) is 36.2. The molecule has 1 atom stereocenters. The molecule has 138 valence electrons. The summed E-state index contributed by atoms with van der Waals surface area (Å²) in [5.41, 5.74) is 3.74. The van der Waals surface area contributed by atoms with Crippen LogP contribution in [-0.4, -0.2) is 17.9 Å². The van der Waals surface area contributed by atoms with Gasteiger partial charge in [-0.25, -0.2) is 4.79 Å². The van der Waals surface area contributed by atoms with E-state index in [0.717, 1.165) is 0 Å². The molecule has 3 rings (SSSR count). The van der Waals surface area contributed by atoms with Crippen LogP contribution in [0.1, 0.15) is 17.3 Å². The fraction of sp³-hybridized carbons (Fsp3) is 0.105. The Labute approximate surface area is 158 Å². The molecule has 0 bridgehead atoms. The van der Waals surface area contributed by atoms with Gasteiger partial charge in [-0.15, -0.1) is 0 Å². The predicted molar refractivity (Wildman–Crippen MR) is 99.6 cm³/mol. The highest BCUT2D eigenvalue weighted by molar-refractivity contribution is 6.30. The predicted octanol–water partition coefficient (Wildman–Crippen LogP) is 2.67. The van der Waals surface area contributed by atoms with Crippen molar-refractivity contribution in [2.75, 3.05) is 0 Å². The Morgan fingerprint density at radius 3 is 2.52 bits per heavy atom. The van der Waals surface area contributed by atoms with E-state index in [1.165, 1.54) is 13.0 Å². The monoisotopic (exact) mass is 386 g/mol. The summed E-state index contributed by atoms with van der Waals surface area (Å²) in [6, 6.07) is 14.7. The molecular weight excluding hydrogens is 372 g/mol. The lowest BCUT2D eigenvalue weighted by atomic mass is 10.2. The minimum atomic E-state index is -0.889. The van der Waals surface area contributed by atoms with E-state index < -0.39 is 23.5 Å². The first-order valence-corrected chi connectivity index (χ1v) is 8.37. The molecule has 27 heavy (non-hydrogen) atoms. The molecule has 0 radical (unpaired) electrons. The van der Waals surface area contributed by atoms with Gasteiger partial charge in [-0.05, 0) is 43.3 Å². The molecule has 3 aromatic rings. The summed E-state index contributed by atoms with van der Waals surface area (Å²) in [6.07, 6.45) is -0.889. The Kier molecular flexibility index (Phi) is 5.42. The van der Waals surface area contributed by atoms with Crippen molar-refractivity contribution in [3.8, 4) is 5.75 Å². The number of hydrogen-bond donors (Lipinski definition) is 2. The Balaban J connectivity index is 1.63. The normalized spacial score (nSPS) is 11.6. The number of carbonyl (C=O) groups is 2. The average Bonchev–Trinajstić information content (AvgIpc) is 2.67. The van der Waals surface area contributed by atoms with Crippen LogP contribution in [0, 0.1) is 0 Å². The number of hydrazine groups is 1. The van der Waals surface area contributed by atoms with E-state index in [-0.39, 0.29) is 5.56 Å². The molecule has 7 nitrogen and oxygen atoms in total. The van der Waals surface area contributed by atoms with Gasteiger partial charge in [-0.2, -0.15) is 0 Å². The molecule has 0 saturated carbocycles. The second-order valence-corrected chi connectivity index (χ2v) is 6.08. The Morgan fingerprint density at radius 2 is 1.78 bits per heavy atom. The zero-order chi connectivity index (χ0) is 19.4. The van der Waals surface area contributed by atoms with Crippen LogP contribution in [-0.2, 0) is 4.79 Å². The van der Waals surface area contributed by atoms with Crippen LogP contribution < -0.4 is 21.2 Å². The Morgan fingerprint density at radius 1 is 1.07 bits per heavy atom. The summed E-state index contributed by atoms with van der Waals surface area (Å²) >= 11 is 5.79. The van der Waals surface area contributed by atoms with Crippen LogP contribution in [0.5, 0.6) is 5.75 Å². The van der Waals surface area contributed by atoms with Gasteiger partial charge in [0.2, 0.25) is 0 Å². The van der Waals surface area contributed by atoms with E-state index >= 15 is 0 Å². The summed E-state index contributed by atoms with van der Waals surface area (Å²) in [5.74, 6) is -0.937. The Hall–Kier alpha value is -3.32. The summed E-state index contributed by atoms with van der Waals surface area (Å²) < 4.78 is 10.5. The first-order chi connectivity index (χ1) is 12.9. The largest absolute Gasteiger partial charge is 0.481 e. The van der Waals surface area contributed by atoms with E-state index in [1.807, 2.05) is 0 Å². The van der Waals surface area contributed by atoms with Crippen molar-refractivity contribution in [2.24, 2.45) is 0 Å². The minimum absolute atomic E-state index is 0.222. The first kappa shape index (κ1) is 18.5. The van der Waals surface area contributed by atoms with E-state index in [4.69, 9.17) is 20.8 Å². The van der Waals surface area contributed by atoms with Crippen molar-refractivity contribution in [3.63, 3.8) is 0 Å². The molecule has 8 heteroatoms. The maximum atomic E-state index is 12.2. The van der Waals surface area contributed by atoms with Gasteiger partial charge in [0.1, 0.15) is 16.9 Å². The molecule has 2 aromatic carbocycles. The fourth-order valence-electron chi connectivity index (χ4n) is 2.28. The lowest BCUT2D eigenvalue weighted by Crippen LogP contribution is -2.48. The number of fused-ring (bicyclic) bond motifs is 1. The molecule has 0 fully saturated rings. The minimum Gasteiger partial charge on any atom is -0.481 e. The van der Waals surface area contributed by atoms with Crippen LogP contribution in [0.2, 0.25) is 5.02 Å². The maximum Gasteiger partial charge on any atom is 0.349 e. The van der Waals surface area contributed by atoms with Crippen molar-refractivity contribution in [3.05, 3.63) is 75.6 Å². The number of halogens is 1. The van der Waals surface area contributed by atoms with E-state index in [9.17, 15) is 14.4 Å². The third kappa shape index (κ3) is 4.45. The molecular formula is C19H15ClN2O5. The number of amides is 2. The Bertz CT molecular complexity index is 1050. The van der Waals surface area contributed by atoms with Gasteiger partial charge in [-0.3, -0.25) is 20.4 Å². The molecule has 0 aliphatic heterocycles. The summed E-state index contributed by atoms with van der Waals surface area (Å²) in [6.45, 7) is 1.51. The first-order valence-electron chi connectivity index (χ1n) is 7.99. The van der Waals surface area contributed by atoms with Crippen LogP contribution >= 0.6 is 11.6 Å². The van der Waals surface area contributed by atoms with Gasteiger partial charge in [-0.1, -0.05) is 29.8 Å². The van der Waals surface area contributed by atoms with E-state index in [0.29, 0.717) is 21.7 Å². The van der Waals surface area contributed by atoms with Gasteiger partial charge >= 0.3 is 5.63 Å². The highest BCUT2D eigenvalue weighted by Gasteiger charge is 2.18. The standard InChI is InChI=1S/C19H15ClN2O5/c1-11(26-14-8-6-13(20)7-9-14)17(23)21-22-18(24)15-10-12-4-2-3-5-16(12)27-19(15)25/h2-11H,1H3,(H,21,23)(H,22,24)/t11-/m1/s1. The van der Waals surface area contributed by atoms with Gasteiger partial charge in [0.05, 0.1) is 0 Å². The van der Waals surface area contributed by atoms with Crippen LogP contribution in [0.25, 0.3) is 11.0 Å². The average molecular weight is 387 g/mol. The number of para-hydroxylation sites is 1. The molecule has 1 heterocycles. The maximum absolute atomic E-state index is 12.2. The molecule has 1 aromatic heterocycles. The second-order valence-electron chi connectivity index (χ2n) is 5.64. The summed E-state index contributed by atoms with van der Waals surface area (Å²) in [5, 5.41) is 1.13. The van der Waals surface area contributed by atoms with Crippen molar-refractivity contribution < 1.29 is 18.7 Å². The fourth-order valence-corrected chi connectivity index (χ4v) is 2.40. The summed E-state index contributed by atoms with van der Waals surface area (Å²) in [7, 11) is 0. The lowest BCUT2D eigenvalue weighted by molar-refractivity contribution is -0.128. The smallest absolute Gasteiger partial charge is 0.349 e. The van der Waals surface area contributed by atoms with Crippen LogP contribution in [0.15, 0.2) is 63.8 Å². The highest BCUT2D eigenvalue weighted by atomic mass is 35.5.